The van der Waals surface area contributed by atoms with Crippen molar-refractivity contribution in [3.8, 4) is 0 Å². The summed E-state index contributed by atoms with van der Waals surface area (Å²) in [5.74, 6) is -1.46. The normalized spacial score (nSPS) is 15.2. The maximum atomic E-state index is 12.7. The second-order valence-electron chi connectivity index (χ2n) is 6.83. The molecule has 0 unspecified atom stereocenters. The highest BCUT2D eigenvalue weighted by atomic mass is 16.2. The smallest absolute Gasteiger partial charge is 0.258 e. The lowest BCUT2D eigenvalue weighted by Crippen LogP contribution is -2.36. The van der Waals surface area contributed by atoms with Gasteiger partial charge in [-0.2, -0.15) is 4.98 Å². The van der Waals surface area contributed by atoms with Gasteiger partial charge in [0.15, 0.2) is 0 Å². The van der Waals surface area contributed by atoms with Crippen molar-refractivity contribution in [2.75, 3.05) is 16.0 Å². The number of fused-ring (bicyclic) bond motifs is 1. The first-order chi connectivity index (χ1) is 14.0. The number of anilines is 4. The number of amides is 2. The van der Waals surface area contributed by atoms with Gasteiger partial charge in [0.2, 0.25) is 17.8 Å². The van der Waals surface area contributed by atoms with Crippen LogP contribution in [0.2, 0.25) is 0 Å². The maximum absolute atomic E-state index is 12.7. The van der Waals surface area contributed by atoms with Crippen molar-refractivity contribution in [2.24, 2.45) is 0 Å². The lowest BCUT2D eigenvalue weighted by Gasteiger charge is -2.23. The topological polar surface area (TPSA) is 116 Å². The second kappa shape index (κ2) is 7.59. The third-order valence-corrected chi connectivity index (χ3v) is 4.62. The van der Waals surface area contributed by atoms with Crippen LogP contribution in [-0.2, 0) is 9.59 Å². The first kappa shape index (κ1) is 18.4. The Kier molecular flexibility index (Phi) is 4.82. The molecule has 0 saturated heterocycles. The van der Waals surface area contributed by atoms with Crippen molar-refractivity contribution in [3.05, 3.63) is 76.1 Å². The maximum Gasteiger partial charge on any atom is 0.258 e. The first-order valence-electron chi connectivity index (χ1n) is 9.13. The predicted octanol–water partition coefficient (Wildman–Crippen LogP) is 2.89. The van der Waals surface area contributed by atoms with Gasteiger partial charge in [0, 0.05) is 17.8 Å². The number of aromatic amines is 1. The summed E-state index contributed by atoms with van der Waals surface area (Å²) in [5.41, 5.74) is 2.10. The fraction of sp³-hybridized carbons (Fsp3) is 0.143. The van der Waals surface area contributed by atoms with E-state index in [1.807, 2.05) is 37.3 Å². The molecular formula is C21H19N5O3. The molecule has 0 spiro atoms. The monoisotopic (exact) mass is 389 g/mol. The molecular weight excluding hydrogens is 370 g/mol. The summed E-state index contributed by atoms with van der Waals surface area (Å²) in [4.78, 5) is 44.6. The summed E-state index contributed by atoms with van der Waals surface area (Å²) < 4.78 is 0. The molecule has 0 saturated carbocycles. The number of hydrogen-bond acceptors (Lipinski definition) is 5. The number of para-hydroxylation sites is 1. The van der Waals surface area contributed by atoms with Crippen LogP contribution in [0.25, 0.3) is 0 Å². The quantitative estimate of drug-likeness (QED) is 0.548. The number of aromatic nitrogens is 2. The van der Waals surface area contributed by atoms with Crippen molar-refractivity contribution >= 4 is 35.0 Å². The van der Waals surface area contributed by atoms with Crippen molar-refractivity contribution in [1.29, 1.82) is 0 Å². The average Bonchev–Trinajstić information content (AvgIpc) is 2.69. The Morgan fingerprint density at radius 1 is 1.03 bits per heavy atom. The Morgan fingerprint density at radius 3 is 2.48 bits per heavy atom. The van der Waals surface area contributed by atoms with E-state index >= 15 is 0 Å². The second-order valence-corrected chi connectivity index (χ2v) is 6.83. The van der Waals surface area contributed by atoms with Crippen LogP contribution in [0.4, 0.5) is 23.1 Å². The zero-order valence-electron chi connectivity index (χ0n) is 15.7. The molecule has 4 rings (SSSR count). The summed E-state index contributed by atoms with van der Waals surface area (Å²) >= 11 is 0. The minimum absolute atomic E-state index is 0.0906. The van der Waals surface area contributed by atoms with E-state index in [0.29, 0.717) is 5.69 Å². The highest BCUT2D eigenvalue weighted by Gasteiger charge is 2.34. The molecule has 2 aromatic carbocycles. The molecule has 0 radical (unpaired) electrons. The molecule has 1 atom stereocenters. The molecule has 29 heavy (non-hydrogen) atoms. The molecule has 0 fully saturated rings. The van der Waals surface area contributed by atoms with Crippen LogP contribution in [0.1, 0.15) is 23.5 Å². The first-order valence-corrected chi connectivity index (χ1v) is 9.13. The molecule has 8 nitrogen and oxygen atoms in total. The molecule has 3 aromatic rings. The van der Waals surface area contributed by atoms with Gasteiger partial charge in [-0.15, -0.1) is 0 Å². The molecule has 1 aliphatic heterocycles. The van der Waals surface area contributed by atoms with Crippen LogP contribution >= 0.6 is 0 Å². The van der Waals surface area contributed by atoms with Gasteiger partial charge in [0.05, 0.1) is 11.5 Å². The number of benzene rings is 2. The van der Waals surface area contributed by atoms with Gasteiger partial charge in [0.25, 0.3) is 5.56 Å². The number of aryl methyl sites for hydroxylation is 1. The molecule has 0 aliphatic carbocycles. The molecule has 8 heteroatoms. The Morgan fingerprint density at radius 2 is 1.76 bits per heavy atom. The van der Waals surface area contributed by atoms with E-state index in [0.717, 1.165) is 11.3 Å². The van der Waals surface area contributed by atoms with Crippen molar-refractivity contribution in [1.82, 2.24) is 9.97 Å². The number of nitrogens with one attached hydrogen (secondary N) is 4. The van der Waals surface area contributed by atoms with Crippen LogP contribution in [-0.4, -0.2) is 21.8 Å². The Balaban J connectivity index is 1.64. The molecule has 4 N–H and O–H groups in total. The fourth-order valence-corrected chi connectivity index (χ4v) is 3.18. The number of carbonyl (C=O) groups is 2. The van der Waals surface area contributed by atoms with Crippen LogP contribution < -0.4 is 21.5 Å². The highest BCUT2D eigenvalue weighted by molar-refractivity contribution is 6.04. The van der Waals surface area contributed by atoms with E-state index in [4.69, 9.17) is 0 Å². The molecule has 0 bridgehead atoms. The zero-order chi connectivity index (χ0) is 20.4. The third kappa shape index (κ3) is 4.01. The number of H-pyrrole nitrogens is 1. The van der Waals surface area contributed by atoms with Crippen LogP contribution in [0.5, 0.6) is 0 Å². The minimum atomic E-state index is -0.927. The Bertz CT molecular complexity index is 1120. The molecule has 1 aliphatic rings. The lowest BCUT2D eigenvalue weighted by atomic mass is 9.92. The fourth-order valence-electron chi connectivity index (χ4n) is 3.18. The molecule has 2 amide bonds. The summed E-state index contributed by atoms with van der Waals surface area (Å²) in [6.45, 7) is 1.97. The van der Waals surface area contributed by atoms with E-state index in [2.05, 4.69) is 25.9 Å². The number of carbonyl (C=O) groups excluding carboxylic acids is 2. The summed E-state index contributed by atoms with van der Waals surface area (Å²) in [6, 6.07) is 16.4. The van der Waals surface area contributed by atoms with Gasteiger partial charge in [-0.25, -0.2) is 0 Å². The van der Waals surface area contributed by atoms with Crippen LogP contribution in [0, 0.1) is 6.92 Å². The van der Waals surface area contributed by atoms with Gasteiger partial charge >= 0.3 is 0 Å². The van der Waals surface area contributed by atoms with Crippen molar-refractivity contribution < 1.29 is 9.59 Å². The summed E-state index contributed by atoms with van der Waals surface area (Å²) in [7, 11) is 0. The predicted molar refractivity (Wildman–Crippen MR) is 110 cm³/mol. The largest absolute Gasteiger partial charge is 0.326 e. The van der Waals surface area contributed by atoms with Gasteiger partial charge in [-0.1, -0.05) is 35.9 Å². The van der Waals surface area contributed by atoms with Gasteiger partial charge in [-0.3, -0.25) is 19.4 Å². The van der Waals surface area contributed by atoms with E-state index in [1.54, 1.807) is 24.3 Å². The zero-order valence-corrected chi connectivity index (χ0v) is 15.7. The molecule has 146 valence electrons. The summed E-state index contributed by atoms with van der Waals surface area (Å²) in [6.07, 6.45) is -0.124. The van der Waals surface area contributed by atoms with Crippen molar-refractivity contribution in [2.45, 2.75) is 19.3 Å². The SMILES string of the molecule is Cc1ccc(Nc2nc3c(c(=O)[nH]2)[C@H](C(=O)Nc2ccccc2)CC(=O)N3)cc1. The Hall–Kier alpha value is -3.94. The number of rotatable bonds is 4. The average molecular weight is 389 g/mol. The lowest BCUT2D eigenvalue weighted by molar-refractivity contribution is -0.123. The number of nitrogens with zero attached hydrogens (tertiary/aromatic N) is 1. The van der Waals surface area contributed by atoms with Crippen LogP contribution in [0.15, 0.2) is 59.4 Å². The Labute approximate surface area is 166 Å². The van der Waals surface area contributed by atoms with Crippen molar-refractivity contribution in [3.63, 3.8) is 0 Å². The van der Waals surface area contributed by atoms with Crippen LogP contribution in [0.3, 0.4) is 0 Å². The van der Waals surface area contributed by atoms with E-state index in [1.165, 1.54) is 0 Å². The van der Waals surface area contributed by atoms with E-state index in [9.17, 15) is 14.4 Å². The van der Waals surface area contributed by atoms with Gasteiger partial charge < -0.3 is 16.0 Å². The molecule has 1 aromatic heterocycles. The standard InChI is InChI=1S/C21H19N5O3/c1-12-7-9-14(10-8-12)23-21-25-18-17(20(29)26-21)15(11-16(27)24-18)19(28)22-13-5-3-2-4-6-13/h2-10,15H,11H2,1H3,(H,22,28)(H3,23,24,25,26,27,29)/t15-/m1/s1. The minimum Gasteiger partial charge on any atom is -0.326 e. The highest BCUT2D eigenvalue weighted by Crippen LogP contribution is 2.30. The van der Waals surface area contributed by atoms with Gasteiger partial charge in [-0.05, 0) is 31.2 Å². The van der Waals surface area contributed by atoms with Gasteiger partial charge in [0.1, 0.15) is 5.82 Å². The number of hydrogen-bond donors (Lipinski definition) is 4. The summed E-state index contributed by atoms with van der Waals surface area (Å²) in [5, 5.41) is 8.34. The van der Waals surface area contributed by atoms with E-state index < -0.39 is 17.4 Å². The molecule has 2 heterocycles. The third-order valence-electron chi connectivity index (χ3n) is 4.62. The van der Waals surface area contributed by atoms with E-state index in [-0.39, 0.29) is 29.7 Å².